The predicted molar refractivity (Wildman–Crippen MR) is 103 cm³/mol. The number of anilines is 2. The Bertz CT molecular complexity index is 1020. The zero-order valence-corrected chi connectivity index (χ0v) is 16.2. The number of carbonyl (C=O) groups is 2. The molecule has 0 bridgehead atoms. The first-order chi connectivity index (χ1) is 13.2. The van der Waals surface area contributed by atoms with Gasteiger partial charge in [-0.15, -0.1) is 0 Å². The van der Waals surface area contributed by atoms with Crippen molar-refractivity contribution >= 4 is 33.2 Å². The van der Waals surface area contributed by atoms with Gasteiger partial charge in [0.1, 0.15) is 5.82 Å². The van der Waals surface area contributed by atoms with Crippen molar-refractivity contribution < 1.29 is 22.4 Å². The lowest BCUT2D eigenvalue weighted by atomic mass is 10.1. The molecule has 2 amide bonds. The second-order valence-corrected chi connectivity index (χ2v) is 8.81. The number of carbonyl (C=O) groups excluding carboxylic acids is 2. The second kappa shape index (κ2) is 7.69. The molecule has 1 saturated heterocycles. The number of hydrogen-bond donors (Lipinski definition) is 1. The van der Waals surface area contributed by atoms with E-state index in [1.54, 1.807) is 12.1 Å². The average Bonchev–Trinajstić information content (AvgIpc) is 3.04. The maximum absolute atomic E-state index is 14.0. The number of para-hydroxylation sites is 1. The molecule has 1 fully saturated rings. The molecule has 1 N–H and O–H groups in total. The Morgan fingerprint density at radius 1 is 1.18 bits per heavy atom. The number of sulfonamides is 1. The van der Waals surface area contributed by atoms with Crippen LogP contribution in [0.2, 0.25) is 0 Å². The summed E-state index contributed by atoms with van der Waals surface area (Å²) < 4.78 is 39.5. The number of benzene rings is 2. The molecule has 2 aromatic rings. The second-order valence-electron chi connectivity index (χ2n) is 6.66. The molecule has 0 spiro atoms. The number of hydrogen-bond acceptors (Lipinski definition) is 4. The lowest BCUT2D eigenvalue weighted by Crippen LogP contribution is -2.28. The molecule has 148 valence electrons. The molecule has 0 saturated carbocycles. The summed E-state index contributed by atoms with van der Waals surface area (Å²) in [4.78, 5) is 26.1. The highest BCUT2D eigenvalue weighted by molar-refractivity contribution is 7.89. The van der Waals surface area contributed by atoms with Gasteiger partial charge >= 0.3 is 0 Å². The van der Waals surface area contributed by atoms with E-state index >= 15 is 0 Å². The van der Waals surface area contributed by atoms with Gasteiger partial charge in [0, 0.05) is 32.7 Å². The molecule has 1 aliphatic heterocycles. The van der Waals surface area contributed by atoms with Gasteiger partial charge in [-0.05, 0) is 30.3 Å². The van der Waals surface area contributed by atoms with E-state index < -0.39 is 27.7 Å². The van der Waals surface area contributed by atoms with Crippen LogP contribution < -0.4 is 10.2 Å². The average molecular weight is 405 g/mol. The molecule has 2 aromatic carbocycles. The van der Waals surface area contributed by atoms with Crippen LogP contribution in [0, 0.1) is 11.7 Å². The molecule has 1 atom stereocenters. The molecule has 3 rings (SSSR count). The molecule has 9 heteroatoms. The van der Waals surface area contributed by atoms with E-state index in [1.807, 2.05) is 0 Å². The van der Waals surface area contributed by atoms with Gasteiger partial charge in [0.2, 0.25) is 21.8 Å². The van der Waals surface area contributed by atoms with Gasteiger partial charge in [-0.25, -0.2) is 17.1 Å². The van der Waals surface area contributed by atoms with Crippen LogP contribution in [0.25, 0.3) is 0 Å². The van der Waals surface area contributed by atoms with Crippen molar-refractivity contribution in [3.63, 3.8) is 0 Å². The summed E-state index contributed by atoms with van der Waals surface area (Å²) in [6.45, 7) is 0.0568. The van der Waals surface area contributed by atoms with Crippen LogP contribution in [0.4, 0.5) is 15.8 Å². The molecule has 1 aliphatic rings. The van der Waals surface area contributed by atoms with Gasteiger partial charge in [0.15, 0.2) is 0 Å². The van der Waals surface area contributed by atoms with Crippen LogP contribution in [0.15, 0.2) is 53.4 Å². The third-order valence-corrected chi connectivity index (χ3v) is 6.33. The van der Waals surface area contributed by atoms with Crippen molar-refractivity contribution in [1.82, 2.24) is 4.31 Å². The summed E-state index contributed by atoms with van der Waals surface area (Å²) >= 11 is 0. The lowest BCUT2D eigenvalue weighted by molar-refractivity contribution is -0.122. The summed E-state index contributed by atoms with van der Waals surface area (Å²) in [5.41, 5.74) is 0.451. The van der Waals surface area contributed by atoms with Gasteiger partial charge in [-0.2, -0.15) is 0 Å². The number of rotatable bonds is 5. The Balaban J connectivity index is 1.74. The van der Waals surface area contributed by atoms with Crippen molar-refractivity contribution in [2.24, 2.45) is 5.92 Å². The zero-order chi connectivity index (χ0) is 20.5. The summed E-state index contributed by atoms with van der Waals surface area (Å²) in [7, 11) is -0.797. The maximum Gasteiger partial charge on any atom is 0.242 e. The topological polar surface area (TPSA) is 86.8 Å². The zero-order valence-electron chi connectivity index (χ0n) is 15.4. The first-order valence-electron chi connectivity index (χ1n) is 8.58. The van der Waals surface area contributed by atoms with E-state index in [1.165, 1.54) is 55.4 Å². The maximum atomic E-state index is 14.0. The Hall–Kier alpha value is -2.78. The van der Waals surface area contributed by atoms with Crippen LogP contribution in [0.5, 0.6) is 0 Å². The minimum absolute atomic E-state index is 0.0458. The number of amides is 2. The number of halogens is 1. The lowest BCUT2D eigenvalue weighted by Gasteiger charge is -2.17. The van der Waals surface area contributed by atoms with Gasteiger partial charge in [-0.3, -0.25) is 9.59 Å². The molecule has 7 nitrogen and oxygen atoms in total. The Kier molecular flexibility index (Phi) is 5.48. The normalized spacial score (nSPS) is 17.2. The Morgan fingerprint density at radius 2 is 1.89 bits per heavy atom. The molecule has 0 aromatic heterocycles. The minimum atomic E-state index is -3.63. The van der Waals surface area contributed by atoms with E-state index in [0.717, 1.165) is 4.31 Å². The third-order valence-electron chi connectivity index (χ3n) is 4.52. The first-order valence-corrected chi connectivity index (χ1v) is 10.0. The Morgan fingerprint density at radius 3 is 2.57 bits per heavy atom. The fourth-order valence-electron chi connectivity index (χ4n) is 2.98. The molecule has 0 aliphatic carbocycles. The molecular weight excluding hydrogens is 385 g/mol. The summed E-state index contributed by atoms with van der Waals surface area (Å²) in [5.74, 6) is -1.96. The molecule has 1 heterocycles. The summed E-state index contributed by atoms with van der Waals surface area (Å²) in [6.07, 6.45) is -0.0458. The van der Waals surface area contributed by atoms with Crippen LogP contribution in [-0.2, 0) is 19.6 Å². The minimum Gasteiger partial charge on any atom is -0.326 e. The standard InChI is InChI=1S/C19H20FN3O4S/c1-22(2)28(26,27)15-7-5-6-14(11-15)21-19(25)13-10-18(24)23(12-13)17-9-4-3-8-16(17)20/h3-9,11,13H,10,12H2,1-2H3,(H,21,25)/t13-/m1/s1. The van der Waals surface area contributed by atoms with E-state index in [4.69, 9.17) is 0 Å². The summed E-state index contributed by atoms with van der Waals surface area (Å²) in [5, 5.41) is 2.65. The molecular formula is C19H20FN3O4S. The van der Waals surface area contributed by atoms with Gasteiger partial charge < -0.3 is 10.2 Å². The first kappa shape index (κ1) is 20.0. The van der Waals surface area contributed by atoms with Gasteiger partial charge in [-0.1, -0.05) is 18.2 Å². The van der Waals surface area contributed by atoms with Crippen LogP contribution in [0.1, 0.15) is 6.42 Å². The molecule has 0 radical (unpaired) electrons. The summed E-state index contributed by atoms with van der Waals surface area (Å²) in [6, 6.07) is 11.8. The smallest absolute Gasteiger partial charge is 0.242 e. The van der Waals surface area contributed by atoms with E-state index in [2.05, 4.69) is 5.32 Å². The largest absolute Gasteiger partial charge is 0.326 e. The van der Waals surface area contributed by atoms with Gasteiger partial charge in [0.05, 0.1) is 16.5 Å². The predicted octanol–water partition coefficient (Wildman–Crippen LogP) is 2.07. The van der Waals surface area contributed by atoms with E-state index in [-0.39, 0.29) is 29.5 Å². The van der Waals surface area contributed by atoms with E-state index in [9.17, 15) is 22.4 Å². The SMILES string of the molecule is CN(C)S(=O)(=O)c1cccc(NC(=O)[C@@H]2CC(=O)N(c3ccccc3F)C2)c1. The van der Waals surface area contributed by atoms with Crippen LogP contribution >= 0.6 is 0 Å². The van der Waals surface area contributed by atoms with Gasteiger partial charge in [0.25, 0.3) is 0 Å². The van der Waals surface area contributed by atoms with Crippen molar-refractivity contribution in [2.45, 2.75) is 11.3 Å². The monoisotopic (exact) mass is 405 g/mol. The van der Waals surface area contributed by atoms with Crippen molar-refractivity contribution in [3.05, 3.63) is 54.3 Å². The number of nitrogens with one attached hydrogen (secondary N) is 1. The Labute approximate surface area is 162 Å². The highest BCUT2D eigenvalue weighted by Gasteiger charge is 2.36. The molecule has 28 heavy (non-hydrogen) atoms. The van der Waals surface area contributed by atoms with Crippen molar-refractivity contribution in [3.8, 4) is 0 Å². The third kappa shape index (κ3) is 3.90. The number of nitrogens with zero attached hydrogens (tertiary/aromatic N) is 2. The quantitative estimate of drug-likeness (QED) is 0.825. The van der Waals surface area contributed by atoms with E-state index in [0.29, 0.717) is 5.69 Å². The van der Waals surface area contributed by atoms with Crippen LogP contribution in [0.3, 0.4) is 0 Å². The fraction of sp³-hybridized carbons (Fsp3) is 0.263. The van der Waals surface area contributed by atoms with Crippen molar-refractivity contribution in [2.75, 3.05) is 30.9 Å². The fourth-order valence-corrected chi connectivity index (χ4v) is 3.92. The highest BCUT2D eigenvalue weighted by atomic mass is 32.2. The van der Waals surface area contributed by atoms with Crippen LogP contribution in [-0.4, -0.2) is 45.2 Å². The molecule has 0 unspecified atom stereocenters. The highest BCUT2D eigenvalue weighted by Crippen LogP contribution is 2.28. The van der Waals surface area contributed by atoms with Crippen molar-refractivity contribution in [1.29, 1.82) is 0 Å².